The van der Waals surface area contributed by atoms with Gasteiger partial charge in [-0.2, -0.15) is 0 Å². The second-order valence-corrected chi connectivity index (χ2v) is 4.92. The van der Waals surface area contributed by atoms with E-state index >= 15 is 0 Å². The van der Waals surface area contributed by atoms with Crippen LogP contribution in [-0.4, -0.2) is 46.0 Å². The molecule has 1 heterocycles. The molecule has 0 aliphatic heterocycles. The molecule has 1 aromatic rings. The summed E-state index contributed by atoms with van der Waals surface area (Å²) in [5.74, 6) is 0.0618. The molecule has 0 unspecified atom stereocenters. The molecule has 0 bridgehead atoms. The monoisotopic (exact) mass is 282 g/mol. The van der Waals surface area contributed by atoms with Crippen molar-refractivity contribution in [1.82, 2.24) is 14.9 Å². The highest BCUT2D eigenvalue weighted by Gasteiger charge is 2.20. The van der Waals surface area contributed by atoms with E-state index in [0.29, 0.717) is 12.6 Å². The molecular weight excluding hydrogens is 260 g/mol. The third-order valence-electron chi connectivity index (χ3n) is 3.14. The van der Waals surface area contributed by atoms with Crippen LogP contribution in [0.2, 0.25) is 0 Å². The van der Waals surface area contributed by atoms with Crippen LogP contribution in [0.5, 0.6) is 0 Å². The van der Waals surface area contributed by atoms with Gasteiger partial charge in [0.25, 0.3) is 0 Å². The summed E-state index contributed by atoms with van der Waals surface area (Å²) in [5, 5.41) is 13.8. The molecule has 0 atom stereocenters. The minimum Gasteiger partial charge on any atom is -0.378 e. The van der Waals surface area contributed by atoms with E-state index in [0.717, 1.165) is 19.4 Å². The van der Waals surface area contributed by atoms with Crippen molar-refractivity contribution in [1.29, 1.82) is 0 Å². The Bertz CT molecular complexity index is 452. The molecule has 0 aliphatic carbocycles. The number of nitrogens with two attached hydrogens (primary N) is 1. The first-order chi connectivity index (χ1) is 9.43. The quantitative estimate of drug-likeness (QED) is 0.422. The molecule has 3 N–H and O–H groups in total. The van der Waals surface area contributed by atoms with Gasteiger partial charge in [0.05, 0.1) is 4.92 Å². The number of hydrogen-bond donors (Lipinski definition) is 2. The summed E-state index contributed by atoms with van der Waals surface area (Å²) in [5.41, 5.74) is 5.23. The number of nitro groups is 1. The summed E-state index contributed by atoms with van der Waals surface area (Å²) in [7, 11) is 2.08. The Morgan fingerprint density at radius 3 is 2.75 bits per heavy atom. The minimum absolute atomic E-state index is 0.118. The van der Waals surface area contributed by atoms with E-state index in [1.165, 1.54) is 6.33 Å². The number of nitrogens with one attached hydrogen (secondary N) is 1. The highest BCUT2D eigenvalue weighted by atomic mass is 16.6. The van der Waals surface area contributed by atoms with Crippen molar-refractivity contribution in [2.45, 2.75) is 32.7 Å². The summed E-state index contributed by atoms with van der Waals surface area (Å²) in [6.45, 7) is 5.90. The van der Waals surface area contributed by atoms with E-state index in [-0.39, 0.29) is 17.3 Å². The second-order valence-electron chi connectivity index (χ2n) is 4.92. The largest absolute Gasteiger partial charge is 0.378 e. The molecule has 0 aromatic carbocycles. The van der Waals surface area contributed by atoms with Crippen LogP contribution in [0, 0.1) is 10.1 Å². The van der Waals surface area contributed by atoms with Crippen molar-refractivity contribution in [3.05, 3.63) is 16.4 Å². The lowest BCUT2D eigenvalue weighted by atomic mass is 10.2. The molecule has 0 aliphatic rings. The van der Waals surface area contributed by atoms with Gasteiger partial charge in [-0.05, 0) is 40.3 Å². The Morgan fingerprint density at radius 2 is 2.15 bits per heavy atom. The van der Waals surface area contributed by atoms with Gasteiger partial charge < -0.3 is 16.0 Å². The SMILES string of the molecule is CC(C)N(C)CCCCNc1ncnc(N)c1[N+](=O)[O-]. The van der Waals surface area contributed by atoms with Crippen LogP contribution >= 0.6 is 0 Å². The fourth-order valence-electron chi connectivity index (χ4n) is 1.65. The van der Waals surface area contributed by atoms with Crippen LogP contribution in [0.3, 0.4) is 0 Å². The first kappa shape index (κ1) is 16.1. The zero-order valence-electron chi connectivity index (χ0n) is 12.2. The summed E-state index contributed by atoms with van der Waals surface area (Å²) >= 11 is 0. The van der Waals surface area contributed by atoms with Crippen LogP contribution in [0.25, 0.3) is 0 Å². The van der Waals surface area contributed by atoms with Crippen molar-refractivity contribution in [3.8, 4) is 0 Å². The van der Waals surface area contributed by atoms with Gasteiger partial charge in [0, 0.05) is 12.6 Å². The van der Waals surface area contributed by atoms with Crippen molar-refractivity contribution in [2.75, 3.05) is 31.2 Å². The average molecular weight is 282 g/mol. The van der Waals surface area contributed by atoms with E-state index in [2.05, 4.69) is 41.1 Å². The van der Waals surface area contributed by atoms with Gasteiger partial charge in [0.15, 0.2) is 0 Å². The topological polar surface area (TPSA) is 110 Å². The van der Waals surface area contributed by atoms with Gasteiger partial charge in [-0.25, -0.2) is 9.97 Å². The molecule has 0 amide bonds. The van der Waals surface area contributed by atoms with Crippen LogP contribution in [0.15, 0.2) is 6.33 Å². The maximum Gasteiger partial charge on any atom is 0.352 e. The average Bonchev–Trinajstić information content (AvgIpc) is 2.37. The Hall–Kier alpha value is -1.96. The number of anilines is 2. The lowest BCUT2D eigenvalue weighted by Gasteiger charge is -2.20. The second kappa shape index (κ2) is 7.59. The highest BCUT2D eigenvalue weighted by molar-refractivity contribution is 5.67. The Morgan fingerprint density at radius 1 is 1.45 bits per heavy atom. The van der Waals surface area contributed by atoms with Gasteiger partial charge >= 0.3 is 5.69 Å². The van der Waals surface area contributed by atoms with E-state index in [1.54, 1.807) is 0 Å². The lowest BCUT2D eigenvalue weighted by molar-refractivity contribution is -0.383. The van der Waals surface area contributed by atoms with E-state index < -0.39 is 4.92 Å². The van der Waals surface area contributed by atoms with Crippen LogP contribution < -0.4 is 11.1 Å². The van der Waals surface area contributed by atoms with Crippen LogP contribution in [-0.2, 0) is 0 Å². The predicted molar refractivity (Wildman–Crippen MR) is 78.6 cm³/mol. The Balaban J connectivity index is 2.43. The molecule has 20 heavy (non-hydrogen) atoms. The molecular formula is C12H22N6O2. The standard InChI is InChI=1S/C12H22N6O2/c1-9(2)17(3)7-5-4-6-14-12-10(18(19)20)11(13)15-8-16-12/h8-9H,4-7H2,1-3H3,(H3,13,14,15,16). The smallest absolute Gasteiger partial charge is 0.352 e. The van der Waals surface area contributed by atoms with Gasteiger partial charge in [-0.15, -0.1) is 0 Å². The number of unbranched alkanes of at least 4 members (excludes halogenated alkanes) is 1. The maximum absolute atomic E-state index is 10.9. The third-order valence-corrected chi connectivity index (χ3v) is 3.14. The van der Waals surface area contributed by atoms with Gasteiger partial charge in [-0.1, -0.05) is 0 Å². The highest BCUT2D eigenvalue weighted by Crippen LogP contribution is 2.25. The number of rotatable bonds is 8. The Kier molecular flexibility index (Phi) is 6.10. The zero-order chi connectivity index (χ0) is 15.1. The summed E-state index contributed by atoms with van der Waals surface area (Å²) in [4.78, 5) is 20.1. The van der Waals surface area contributed by atoms with Crippen molar-refractivity contribution in [2.24, 2.45) is 0 Å². The minimum atomic E-state index is -0.565. The van der Waals surface area contributed by atoms with Gasteiger partial charge in [0.2, 0.25) is 11.6 Å². The molecule has 112 valence electrons. The van der Waals surface area contributed by atoms with Crippen LogP contribution in [0.4, 0.5) is 17.3 Å². The molecule has 1 rings (SSSR count). The van der Waals surface area contributed by atoms with E-state index in [4.69, 9.17) is 5.73 Å². The Labute approximate surface area is 118 Å². The molecule has 1 aromatic heterocycles. The molecule has 8 nitrogen and oxygen atoms in total. The molecule has 0 spiro atoms. The molecule has 0 saturated heterocycles. The molecule has 0 fully saturated rings. The van der Waals surface area contributed by atoms with E-state index in [1.807, 2.05) is 0 Å². The molecule has 0 radical (unpaired) electrons. The normalized spacial score (nSPS) is 11.1. The van der Waals surface area contributed by atoms with Crippen molar-refractivity contribution >= 4 is 17.3 Å². The van der Waals surface area contributed by atoms with Crippen molar-refractivity contribution in [3.63, 3.8) is 0 Å². The number of nitrogens with zero attached hydrogens (tertiary/aromatic N) is 4. The zero-order valence-corrected chi connectivity index (χ0v) is 12.2. The number of hydrogen-bond acceptors (Lipinski definition) is 7. The van der Waals surface area contributed by atoms with E-state index in [9.17, 15) is 10.1 Å². The summed E-state index contributed by atoms with van der Waals surface area (Å²) in [6.07, 6.45) is 3.13. The van der Waals surface area contributed by atoms with Crippen LogP contribution in [0.1, 0.15) is 26.7 Å². The molecule has 8 heteroatoms. The first-order valence-electron chi connectivity index (χ1n) is 6.62. The first-order valence-corrected chi connectivity index (χ1v) is 6.62. The maximum atomic E-state index is 10.9. The summed E-state index contributed by atoms with van der Waals surface area (Å²) in [6, 6.07) is 0.519. The van der Waals surface area contributed by atoms with Gasteiger partial charge in [0.1, 0.15) is 6.33 Å². The van der Waals surface area contributed by atoms with Crippen molar-refractivity contribution < 1.29 is 4.92 Å². The lowest BCUT2D eigenvalue weighted by Crippen LogP contribution is -2.27. The summed E-state index contributed by atoms with van der Waals surface area (Å²) < 4.78 is 0. The third kappa shape index (κ3) is 4.61. The van der Waals surface area contributed by atoms with Gasteiger partial charge in [-0.3, -0.25) is 10.1 Å². The predicted octanol–water partition coefficient (Wildman–Crippen LogP) is 1.50. The fraction of sp³-hybridized carbons (Fsp3) is 0.667. The number of aromatic nitrogens is 2. The number of nitrogen functional groups attached to an aromatic ring is 1. The fourth-order valence-corrected chi connectivity index (χ4v) is 1.65. The molecule has 0 saturated carbocycles.